The second kappa shape index (κ2) is 7.39. The fourth-order valence-electron chi connectivity index (χ4n) is 0.583. The number of amides is 1. The van der Waals surface area contributed by atoms with Crippen molar-refractivity contribution in [3.8, 4) is 0 Å². The van der Waals surface area contributed by atoms with E-state index in [1.165, 1.54) is 0 Å². The first-order valence-corrected chi connectivity index (χ1v) is 4.06. The van der Waals surface area contributed by atoms with E-state index >= 15 is 0 Å². The summed E-state index contributed by atoms with van der Waals surface area (Å²) in [6.45, 7) is 4.38. The van der Waals surface area contributed by atoms with Crippen LogP contribution in [-0.2, 0) is 9.53 Å². The van der Waals surface area contributed by atoms with Crippen LogP contribution in [0.25, 0.3) is 10.4 Å². The number of azide groups is 1. The maximum atomic E-state index is 10.9. The molecule has 74 valence electrons. The number of carbonyl (C=O) groups excluding carboxylic acids is 1. The number of hydrogen-bond donors (Lipinski definition) is 1. The van der Waals surface area contributed by atoms with E-state index < -0.39 is 0 Å². The molecule has 0 aromatic rings. The summed E-state index contributed by atoms with van der Waals surface area (Å²) in [4.78, 5) is 13.5. The Labute approximate surface area is 76.9 Å². The third-order valence-corrected chi connectivity index (χ3v) is 1.14. The molecule has 0 saturated heterocycles. The van der Waals surface area contributed by atoms with Crippen LogP contribution in [0.5, 0.6) is 0 Å². The highest BCUT2D eigenvalue weighted by molar-refractivity contribution is 5.77. The minimum Gasteiger partial charge on any atom is -0.369 e. The molecular formula is C7H14N4O2. The van der Waals surface area contributed by atoms with Crippen molar-refractivity contribution in [1.29, 1.82) is 0 Å². The summed E-state index contributed by atoms with van der Waals surface area (Å²) in [6.07, 6.45) is 0.0443. The largest absolute Gasteiger partial charge is 0.369 e. The molecule has 0 aromatic heterocycles. The molecule has 0 bridgehead atoms. The average molecular weight is 186 g/mol. The Balaban J connectivity index is 3.35. The number of hydrogen-bond acceptors (Lipinski definition) is 3. The molecule has 0 fully saturated rings. The zero-order valence-electron chi connectivity index (χ0n) is 7.86. The van der Waals surface area contributed by atoms with E-state index in [4.69, 9.17) is 10.3 Å². The van der Waals surface area contributed by atoms with Gasteiger partial charge in [0.1, 0.15) is 6.61 Å². The molecule has 0 saturated carbocycles. The van der Waals surface area contributed by atoms with Gasteiger partial charge in [0.2, 0.25) is 5.91 Å². The zero-order valence-corrected chi connectivity index (χ0v) is 7.86. The maximum Gasteiger partial charge on any atom is 0.246 e. The lowest BCUT2D eigenvalue weighted by Gasteiger charge is -2.06. The van der Waals surface area contributed by atoms with Crippen LogP contribution in [0.1, 0.15) is 13.8 Å². The van der Waals surface area contributed by atoms with Crippen LogP contribution >= 0.6 is 0 Å². The van der Waals surface area contributed by atoms with Crippen molar-refractivity contribution >= 4 is 5.91 Å². The Hall–Kier alpha value is -1.26. The fraction of sp³-hybridized carbons (Fsp3) is 0.857. The first-order valence-electron chi connectivity index (χ1n) is 4.06. The molecule has 0 rings (SSSR count). The summed E-state index contributed by atoms with van der Waals surface area (Å²) in [5, 5.41) is 5.81. The molecule has 1 amide bonds. The van der Waals surface area contributed by atoms with Gasteiger partial charge in [0, 0.05) is 18.0 Å². The molecule has 0 spiro atoms. The average Bonchev–Trinajstić information content (AvgIpc) is 2.09. The third-order valence-electron chi connectivity index (χ3n) is 1.14. The van der Waals surface area contributed by atoms with Crippen LogP contribution in [0.4, 0.5) is 0 Å². The molecule has 13 heavy (non-hydrogen) atoms. The molecule has 0 aliphatic carbocycles. The Bertz CT molecular complexity index is 199. The predicted molar refractivity (Wildman–Crippen MR) is 48.1 cm³/mol. The van der Waals surface area contributed by atoms with Crippen LogP contribution in [0, 0.1) is 0 Å². The Morgan fingerprint density at radius 2 is 2.38 bits per heavy atom. The summed E-state index contributed by atoms with van der Waals surface area (Å²) in [5.74, 6) is -0.193. The molecule has 0 aromatic carbocycles. The molecule has 6 heteroatoms. The maximum absolute atomic E-state index is 10.9. The van der Waals surface area contributed by atoms with Gasteiger partial charge in [-0.05, 0) is 19.4 Å². The van der Waals surface area contributed by atoms with E-state index in [0.29, 0.717) is 6.54 Å². The van der Waals surface area contributed by atoms with E-state index in [1.807, 2.05) is 13.8 Å². The molecule has 6 nitrogen and oxygen atoms in total. The Morgan fingerprint density at radius 1 is 1.69 bits per heavy atom. The van der Waals surface area contributed by atoms with Crippen LogP contribution in [0.2, 0.25) is 0 Å². The molecule has 0 unspecified atom stereocenters. The molecule has 0 radical (unpaired) electrons. The number of nitrogens with one attached hydrogen (secondary N) is 1. The smallest absolute Gasteiger partial charge is 0.246 e. The summed E-state index contributed by atoms with van der Waals surface area (Å²) >= 11 is 0. The highest BCUT2D eigenvalue weighted by Gasteiger charge is 2.00. The Morgan fingerprint density at radius 3 is 2.92 bits per heavy atom. The monoisotopic (exact) mass is 186 g/mol. The summed E-state index contributed by atoms with van der Waals surface area (Å²) < 4.78 is 5.05. The number of nitrogens with zero attached hydrogens (tertiary/aromatic N) is 3. The highest BCUT2D eigenvalue weighted by Crippen LogP contribution is 1.85. The molecule has 0 heterocycles. The van der Waals surface area contributed by atoms with E-state index in [0.717, 1.165) is 0 Å². The van der Waals surface area contributed by atoms with Gasteiger partial charge in [-0.1, -0.05) is 5.11 Å². The van der Waals surface area contributed by atoms with E-state index in [1.54, 1.807) is 0 Å². The molecule has 0 aliphatic heterocycles. The lowest BCUT2D eigenvalue weighted by atomic mass is 10.5. The minimum atomic E-state index is -0.193. The van der Waals surface area contributed by atoms with Crippen molar-refractivity contribution in [3.63, 3.8) is 0 Å². The van der Waals surface area contributed by atoms with Crippen molar-refractivity contribution in [2.45, 2.75) is 20.0 Å². The normalized spacial score (nSPS) is 9.46. The van der Waals surface area contributed by atoms with Crippen molar-refractivity contribution in [2.24, 2.45) is 5.11 Å². The second-order valence-corrected chi connectivity index (χ2v) is 2.66. The topological polar surface area (TPSA) is 87.1 Å². The minimum absolute atomic E-state index is 0.0443. The van der Waals surface area contributed by atoms with Crippen molar-refractivity contribution in [3.05, 3.63) is 10.4 Å². The van der Waals surface area contributed by atoms with Gasteiger partial charge >= 0.3 is 0 Å². The fourth-order valence-corrected chi connectivity index (χ4v) is 0.583. The molecule has 0 atom stereocenters. The van der Waals surface area contributed by atoms with Crippen LogP contribution in [0.3, 0.4) is 0 Å². The van der Waals surface area contributed by atoms with Crippen LogP contribution < -0.4 is 5.32 Å². The summed E-state index contributed by atoms with van der Waals surface area (Å²) in [5.41, 5.74) is 7.93. The van der Waals surface area contributed by atoms with Crippen LogP contribution in [0.15, 0.2) is 5.11 Å². The van der Waals surface area contributed by atoms with Gasteiger partial charge in [-0.25, -0.2) is 0 Å². The van der Waals surface area contributed by atoms with E-state index in [2.05, 4.69) is 15.3 Å². The Kier molecular flexibility index (Phi) is 6.68. The third kappa shape index (κ3) is 8.65. The van der Waals surface area contributed by atoms with Gasteiger partial charge in [-0.2, -0.15) is 0 Å². The molecule has 1 N–H and O–H groups in total. The second-order valence-electron chi connectivity index (χ2n) is 2.66. The van der Waals surface area contributed by atoms with Gasteiger partial charge in [0.15, 0.2) is 0 Å². The lowest BCUT2D eigenvalue weighted by molar-refractivity contribution is -0.127. The molecular weight excluding hydrogens is 172 g/mol. The van der Waals surface area contributed by atoms with E-state index in [-0.39, 0.29) is 25.2 Å². The van der Waals surface area contributed by atoms with Crippen molar-refractivity contribution < 1.29 is 9.53 Å². The van der Waals surface area contributed by atoms with Gasteiger partial charge in [-0.3, -0.25) is 4.79 Å². The van der Waals surface area contributed by atoms with Gasteiger partial charge < -0.3 is 10.1 Å². The summed E-state index contributed by atoms with van der Waals surface area (Å²) in [6, 6.07) is 0. The zero-order chi connectivity index (χ0) is 10.1. The number of rotatable bonds is 6. The van der Waals surface area contributed by atoms with Crippen molar-refractivity contribution in [2.75, 3.05) is 19.7 Å². The van der Waals surface area contributed by atoms with Crippen molar-refractivity contribution in [1.82, 2.24) is 5.32 Å². The van der Waals surface area contributed by atoms with Crippen LogP contribution in [-0.4, -0.2) is 31.7 Å². The standard InChI is InChI=1S/C7H14N4O2/c1-6(2)13-5-7(12)9-3-4-10-11-8/h6H,3-5H2,1-2H3,(H,9,12). The SMILES string of the molecule is CC(C)OCC(=O)NCCN=[N+]=[N-]. The first-order chi connectivity index (χ1) is 6.16. The van der Waals surface area contributed by atoms with E-state index in [9.17, 15) is 4.79 Å². The quantitative estimate of drug-likeness (QED) is 0.288. The van der Waals surface area contributed by atoms with Gasteiger partial charge in [0.25, 0.3) is 0 Å². The highest BCUT2D eigenvalue weighted by atomic mass is 16.5. The number of ether oxygens (including phenoxy) is 1. The lowest BCUT2D eigenvalue weighted by Crippen LogP contribution is -2.30. The summed E-state index contributed by atoms with van der Waals surface area (Å²) in [7, 11) is 0. The van der Waals surface area contributed by atoms with Gasteiger partial charge in [-0.15, -0.1) is 0 Å². The van der Waals surface area contributed by atoms with Gasteiger partial charge in [0.05, 0.1) is 6.10 Å². The predicted octanol–water partition coefficient (Wildman–Crippen LogP) is 0.838. The molecule has 0 aliphatic rings. The number of carbonyl (C=O) groups is 1. The first kappa shape index (κ1) is 11.7.